The number of nitrogens with two attached hydrogens (primary N) is 1. The predicted octanol–water partition coefficient (Wildman–Crippen LogP) is 3.76. The molecule has 3 heteroatoms. The van der Waals surface area contributed by atoms with E-state index in [1.165, 1.54) is 11.1 Å². The van der Waals surface area contributed by atoms with Crippen molar-refractivity contribution >= 4 is 11.4 Å². The zero-order chi connectivity index (χ0) is 15.4. The van der Waals surface area contributed by atoms with E-state index < -0.39 is 0 Å². The zero-order valence-electron chi connectivity index (χ0n) is 13.2. The lowest BCUT2D eigenvalue weighted by Crippen LogP contribution is -2.37. The summed E-state index contributed by atoms with van der Waals surface area (Å²) < 4.78 is 6.11. The Morgan fingerprint density at radius 2 is 1.73 bits per heavy atom. The van der Waals surface area contributed by atoms with Crippen LogP contribution in [0, 0.1) is 6.92 Å². The Morgan fingerprint density at radius 3 is 2.45 bits per heavy atom. The normalized spacial score (nSPS) is 16.0. The molecule has 1 aliphatic rings. The average Bonchev–Trinajstić information content (AvgIpc) is 2.55. The Labute approximate surface area is 132 Å². The van der Waals surface area contributed by atoms with Gasteiger partial charge in [-0.05, 0) is 43.0 Å². The number of hydrogen-bond donors (Lipinski definition) is 1. The summed E-state index contributed by atoms with van der Waals surface area (Å²) in [4.78, 5) is 2.36. The van der Waals surface area contributed by atoms with Crippen LogP contribution < -0.4 is 10.6 Å². The number of anilines is 2. The van der Waals surface area contributed by atoms with Crippen LogP contribution in [0.2, 0.25) is 0 Å². The molecule has 1 aliphatic heterocycles. The average molecular weight is 296 g/mol. The second-order valence-corrected chi connectivity index (χ2v) is 5.98. The topological polar surface area (TPSA) is 38.5 Å². The molecule has 1 saturated heterocycles. The molecular formula is C19H24N2O. The molecule has 0 aromatic heterocycles. The molecule has 22 heavy (non-hydrogen) atoms. The maximum atomic E-state index is 6.11. The fourth-order valence-electron chi connectivity index (χ4n) is 3.02. The fraction of sp³-hybridized carbons (Fsp3) is 0.368. The van der Waals surface area contributed by atoms with Crippen molar-refractivity contribution in [1.82, 2.24) is 0 Å². The molecule has 1 fully saturated rings. The minimum Gasteiger partial charge on any atom is -0.397 e. The Hall–Kier alpha value is -2.00. The summed E-state index contributed by atoms with van der Waals surface area (Å²) in [6.45, 7) is 4.86. The minimum atomic E-state index is 0.348. The summed E-state index contributed by atoms with van der Waals surface area (Å²) in [7, 11) is 0. The molecule has 2 aromatic rings. The minimum absolute atomic E-state index is 0.348. The molecule has 0 aliphatic carbocycles. The highest BCUT2D eigenvalue weighted by molar-refractivity contribution is 5.67. The number of hydrogen-bond acceptors (Lipinski definition) is 3. The van der Waals surface area contributed by atoms with E-state index in [1.54, 1.807) is 0 Å². The van der Waals surface area contributed by atoms with Crippen LogP contribution in [0.1, 0.15) is 24.0 Å². The van der Waals surface area contributed by atoms with Gasteiger partial charge >= 0.3 is 0 Å². The van der Waals surface area contributed by atoms with Gasteiger partial charge in [-0.3, -0.25) is 0 Å². The van der Waals surface area contributed by atoms with Gasteiger partial charge in [0.25, 0.3) is 0 Å². The first kappa shape index (κ1) is 14.9. The van der Waals surface area contributed by atoms with Crippen LogP contribution >= 0.6 is 0 Å². The first-order chi connectivity index (χ1) is 10.7. The maximum absolute atomic E-state index is 6.11. The second kappa shape index (κ2) is 6.84. The number of aryl methyl sites for hydroxylation is 1. The molecule has 0 atom stereocenters. The van der Waals surface area contributed by atoms with E-state index >= 15 is 0 Å². The summed E-state index contributed by atoms with van der Waals surface area (Å²) in [6.07, 6.45) is 2.46. The van der Waals surface area contributed by atoms with Gasteiger partial charge in [0.1, 0.15) is 0 Å². The van der Waals surface area contributed by atoms with Crippen LogP contribution in [0.25, 0.3) is 0 Å². The van der Waals surface area contributed by atoms with Gasteiger partial charge in [-0.25, -0.2) is 0 Å². The molecule has 3 rings (SSSR count). The molecule has 1 heterocycles. The van der Waals surface area contributed by atoms with Gasteiger partial charge in [0.15, 0.2) is 0 Å². The third kappa shape index (κ3) is 3.42. The van der Waals surface area contributed by atoms with Crippen molar-refractivity contribution < 1.29 is 4.74 Å². The monoisotopic (exact) mass is 296 g/mol. The Morgan fingerprint density at radius 1 is 1.05 bits per heavy atom. The smallest absolute Gasteiger partial charge is 0.0723 e. The van der Waals surface area contributed by atoms with E-state index in [2.05, 4.69) is 42.2 Å². The third-order valence-electron chi connectivity index (χ3n) is 4.46. The van der Waals surface area contributed by atoms with Gasteiger partial charge in [-0.1, -0.05) is 36.4 Å². The van der Waals surface area contributed by atoms with Crippen molar-refractivity contribution in [2.75, 3.05) is 23.7 Å². The number of nitrogens with zero attached hydrogens (tertiary/aromatic N) is 1. The lowest BCUT2D eigenvalue weighted by atomic mass is 10.1. The van der Waals surface area contributed by atoms with Crippen LogP contribution in [0.4, 0.5) is 11.4 Å². The third-order valence-corrected chi connectivity index (χ3v) is 4.46. The van der Waals surface area contributed by atoms with E-state index in [0.717, 1.165) is 37.3 Å². The van der Waals surface area contributed by atoms with E-state index in [0.29, 0.717) is 12.7 Å². The summed E-state index contributed by atoms with van der Waals surface area (Å²) in [5, 5.41) is 0. The number of nitrogen functional groups attached to an aromatic ring is 1. The number of para-hydroxylation sites is 2. The molecule has 2 aromatic carbocycles. The standard InChI is InChI=1S/C19H24N2O/c1-15-6-2-3-7-16(15)14-22-17-10-12-21(13-11-17)19-9-5-4-8-18(19)20/h2-9,17H,10-14,20H2,1H3. The highest BCUT2D eigenvalue weighted by Gasteiger charge is 2.21. The number of benzene rings is 2. The molecule has 116 valence electrons. The van der Waals surface area contributed by atoms with Gasteiger partial charge in [0.05, 0.1) is 24.1 Å². The van der Waals surface area contributed by atoms with Crippen molar-refractivity contribution in [3.8, 4) is 0 Å². The highest BCUT2D eigenvalue weighted by atomic mass is 16.5. The fourth-order valence-corrected chi connectivity index (χ4v) is 3.02. The Bertz CT molecular complexity index is 618. The van der Waals surface area contributed by atoms with Crippen LogP contribution in [-0.4, -0.2) is 19.2 Å². The summed E-state index contributed by atoms with van der Waals surface area (Å²) in [5.74, 6) is 0. The van der Waals surface area contributed by atoms with Gasteiger partial charge < -0.3 is 15.4 Å². The Kier molecular flexibility index (Phi) is 4.64. The van der Waals surface area contributed by atoms with Gasteiger partial charge in [-0.15, -0.1) is 0 Å². The quantitative estimate of drug-likeness (QED) is 0.873. The van der Waals surface area contributed by atoms with E-state index in [-0.39, 0.29) is 0 Å². The van der Waals surface area contributed by atoms with Crippen LogP contribution in [0.15, 0.2) is 48.5 Å². The maximum Gasteiger partial charge on any atom is 0.0723 e. The number of ether oxygens (including phenoxy) is 1. The molecule has 0 radical (unpaired) electrons. The molecule has 0 bridgehead atoms. The molecule has 0 saturated carbocycles. The van der Waals surface area contributed by atoms with Crippen LogP contribution in [-0.2, 0) is 11.3 Å². The molecule has 0 spiro atoms. The molecular weight excluding hydrogens is 272 g/mol. The highest BCUT2D eigenvalue weighted by Crippen LogP contribution is 2.27. The van der Waals surface area contributed by atoms with Crippen LogP contribution in [0.3, 0.4) is 0 Å². The molecule has 0 unspecified atom stereocenters. The van der Waals surface area contributed by atoms with Gasteiger partial charge in [0.2, 0.25) is 0 Å². The van der Waals surface area contributed by atoms with Gasteiger partial charge in [-0.2, -0.15) is 0 Å². The summed E-state index contributed by atoms with van der Waals surface area (Å²) in [6, 6.07) is 16.5. The lowest BCUT2D eigenvalue weighted by molar-refractivity contribution is 0.0249. The molecule has 2 N–H and O–H groups in total. The van der Waals surface area contributed by atoms with Crippen molar-refractivity contribution in [3.63, 3.8) is 0 Å². The number of piperidine rings is 1. The van der Waals surface area contributed by atoms with Crippen molar-refractivity contribution in [2.24, 2.45) is 0 Å². The predicted molar refractivity (Wildman–Crippen MR) is 92.1 cm³/mol. The van der Waals surface area contributed by atoms with E-state index in [9.17, 15) is 0 Å². The van der Waals surface area contributed by atoms with E-state index in [4.69, 9.17) is 10.5 Å². The summed E-state index contributed by atoms with van der Waals surface area (Å²) >= 11 is 0. The van der Waals surface area contributed by atoms with Crippen molar-refractivity contribution in [3.05, 3.63) is 59.7 Å². The summed E-state index contributed by atoms with van der Waals surface area (Å²) in [5.41, 5.74) is 10.7. The zero-order valence-corrected chi connectivity index (χ0v) is 13.2. The largest absolute Gasteiger partial charge is 0.397 e. The lowest BCUT2D eigenvalue weighted by Gasteiger charge is -2.34. The van der Waals surface area contributed by atoms with Gasteiger partial charge in [0, 0.05) is 13.1 Å². The van der Waals surface area contributed by atoms with Crippen molar-refractivity contribution in [1.29, 1.82) is 0 Å². The first-order valence-electron chi connectivity index (χ1n) is 7.99. The SMILES string of the molecule is Cc1ccccc1COC1CCN(c2ccccc2N)CC1. The van der Waals surface area contributed by atoms with Crippen LogP contribution in [0.5, 0.6) is 0 Å². The van der Waals surface area contributed by atoms with Crippen molar-refractivity contribution in [2.45, 2.75) is 32.5 Å². The first-order valence-corrected chi connectivity index (χ1v) is 7.99. The molecule has 0 amide bonds. The molecule has 3 nitrogen and oxygen atoms in total. The number of rotatable bonds is 4. The Balaban J connectivity index is 1.52. The van der Waals surface area contributed by atoms with E-state index in [1.807, 2.05) is 18.2 Å². The second-order valence-electron chi connectivity index (χ2n) is 5.98.